The summed E-state index contributed by atoms with van der Waals surface area (Å²) < 4.78 is 5.41. The molecule has 8 nitrogen and oxygen atoms in total. The number of nitrogens with zero attached hydrogens (tertiary/aromatic N) is 3. The minimum absolute atomic E-state index is 0.343. The smallest absolute Gasteiger partial charge is 0.267 e. The first-order valence-corrected chi connectivity index (χ1v) is 11.7. The Morgan fingerprint density at radius 3 is 2.94 bits per heavy atom. The highest BCUT2D eigenvalue weighted by Crippen LogP contribution is 2.20. The van der Waals surface area contributed by atoms with Gasteiger partial charge in [0.1, 0.15) is 5.82 Å². The highest BCUT2D eigenvalue weighted by atomic mass is 16.8. The van der Waals surface area contributed by atoms with Gasteiger partial charge >= 0.3 is 0 Å². The Morgan fingerprint density at radius 1 is 1.24 bits per heavy atom. The number of benzene rings is 1. The summed E-state index contributed by atoms with van der Waals surface area (Å²) in [6.07, 6.45) is 9.90. The molecule has 0 bridgehead atoms. The molecule has 0 radical (unpaired) electrons. The molecule has 176 valence electrons. The summed E-state index contributed by atoms with van der Waals surface area (Å²) in [4.78, 5) is 28.5. The Labute approximate surface area is 195 Å². The van der Waals surface area contributed by atoms with Gasteiger partial charge in [-0.1, -0.05) is 18.2 Å². The van der Waals surface area contributed by atoms with E-state index in [1.165, 1.54) is 22.8 Å². The Morgan fingerprint density at radius 2 is 2.15 bits per heavy atom. The molecule has 3 heterocycles. The number of carbonyl (C=O) groups is 1. The summed E-state index contributed by atoms with van der Waals surface area (Å²) in [6, 6.07) is 6.86. The molecule has 2 aliphatic heterocycles. The van der Waals surface area contributed by atoms with Gasteiger partial charge in [-0.2, -0.15) is 0 Å². The van der Waals surface area contributed by atoms with E-state index in [4.69, 9.17) is 9.57 Å². The van der Waals surface area contributed by atoms with Gasteiger partial charge in [0.25, 0.3) is 5.91 Å². The molecule has 4 rings (SSSR count). The lowest BCUT2D eigenvalue weighted by Gasteiger charge is -2.21. The van der Waals surface area contributed by atoms with Crippen LogP contribution < -0.4 is 10.8 Å². The third-order valence-corrected chi connectivity index (χ3v) is 6.24. The fourth-order valence-corrected chi connectivity index (χ4v) is 4.15. The average Bonchev–Trinajstić information content (AvgIpc) is 3.27. The first-order valence-electron chi connectivity index (χ1n) is 11.7. The van der Waals surface area contributed by atoms with Crippen LogP contribution in [0.3, 0.4) is 0 Å². The van der Waals surface area contributed by atoms with E-state index in [2.05, 4.69) is 57.7 Å². The highest BCUT2D eigenvalue weighted by Gasteiger charge is 2.23. The van der Waals surface area contributed by atoms with Crippen LogP contribution in [-0.4, -0.2) is 52.8 Å². The fraction of sp³-hybridized carbons (Fsp3) is 0.480. The van der Waals surface area contributed by atoms with Gasteiger partial charge in [-0.25, -0.2) is 15.3 Å². The number of carbonyl (C=O) groups excluding carboxylic acids is 1. The van der Waals surface area contributed by atoms with Crippen LogP contribution in [-0.2, 0) is 20.9 Å². The maximum absolute atomic E-state index is 11.9. The molecule has 2 N–H and O–H groups in total. The van der Waals surface area contributed by atoms with Crippen molar-refractivity contribution in [2.45, 2.75) is 58.4 Å². The van der Waals surface area contributed by atoms with Crippen molar-refractivity contribution in [2.75, 3.05) is 25.0 Å². The number of hydroxylamine groups is 1. The lowest BCUT2D eigenvalue weighted by molar-refractivity contribution is -0.198. The summed E-state index contributed by atoms with van der Waals surface area (Å²) in [6.45, 7) is 8.03. The van der Waals surface area contributed by atoms with Gasteiger partial charge in [0, 0.05) is 44.8 Å². The van der Waals surface area contributed by atoms with Crippen LogP contribution in [0.4, 0.5) is 5.82 Å². The Hall–Kier alpha value is -2.81. The molecule has 2 aliphatic rings. The summed E-state index contributed by atoms with van der Waals surface area (Å²) in [5.41, 5.74) is 7.12. The number of rotatable bonds is 8. The number of hydrogen-bond acceptors (Lipinski definition) is 7. The number of ether oxygens (including phenoxy) is 1. The molecule has 2 aromatic rings. The Balaban J connectivity index is 1.21. The number of hydrogen-bond donors (Lipinski definition) is 2. The number of amides is 1. The van der Waals surface area contributed by atoms with E-state index in [1.54, 1.807) is 18.5 Å². The first-order chi connectivity index (χ1) is 16.1. The van der Waals surface area contributed by atoms with E-state index in [9.17, 15) is 4.79 Å². The van der Waals surface area contributed by atoms with E-state index in [0.29, 0.717) is 18.3 Å². The molecule has 1 unspecified atom stereocenters. The van der Waals surface area contributed by atoms with Crippen LogP contribution in [0.2, 0.25) is 0 Å². The van der Waals surface area contributed by atoms with Gasteiger partial charge in [0.15, 0.2) is 6.29 Å². The number of aromatic nitrogens is 2. The minimum atomic E-state index is -0.367. The molecule has 2 saturated heterocycles. The van der Waals surface area contributed by atoms with Crippen molar-refractivity contribution >= 4 is 17.8 Å². The first kappa shape index (κ1) is 23.4. The molecule has 1 aromatic carbocycles. The third-order valence-electron chi connectivity index (χ3n) is 6.24. The molecule has 2 fully saturated rings. The molecule has 0 saturated carbocycles. The average molecular weight is 452 g/mol. The zero-order valence-electron chi connectivity index (χ0n) is 19.4. The molecule has 1 amide bonds. The monoisotopic (exact) mass is 451 g/mol. The fourth-order valence-electron chi connectivity index (χ4n) is 4.15. The Bertz CT molecular complexity index is 957. The number of aryl methyl sites for hydroxylation is 1. The lowest BCUT2D eigenvalue weighted by Crippen LogP contribution is -2.32. The summed E-state index contributed by atoms with van der Waals surface area (Å²) in [7, 11) is 0. The van der Waals surface area contributed by atoms with E-state index in [-0.39, 0.29) is 12.2 Å². The van der Waals surface area contributed by atoms with Crippen LogP contribution in [0.5, 0.6) is 0 Å². The molecule has 2 atom stereocenters. The number of nitrogens with one attached hydrogen (secondary N) is 2. The van der Waals surface area contributed by atoms with Gasteiger partial charge in [0.2, 0.25) is 0 Å². The second-order valence-corrected chi connectivity index (χ2v) is 8.76. The summed E-state index contributed by atoms with van der Waals surface area (Å²) >= 11 is 0. The molecule has 8 heteroatoms. The van der Waals surface area contributed by atoms with Crippen molar-refractivity contribution < 1.29 is 14.4 Å². The summed E-state index contributed by atoms with van der Waals surface area (Å²) in [5, 5.41) is 3.48. The van der Waals surface area contributed by atoms with Gasteiger partial charge in [0.05, 0.1) is 18.1 Å². The van der Waals surface area contributed by atoms with Gasteiger partial charge in [-0.3, -0.25) is 14.7 Å². The van der Waals surface area contributed by atoms with Crippen LogP contribution >= 0.6 is 0 Å². The van der Waals surface area contributed by atoms with Crippen molar-refractivity contribution in [2.24, 2.45) is 0 Å². The predicted octanol–water partition coefficient (Wildman–Crippen LogP) is 3.37. The van der Waals surface area contributed by atoms with Crippen LogP contribution in [0, 0.1) is 13.8 Å². The van der Waals surface area contributed by atoms with Crippen LogP contribution in [0.15, 0.2) is 36.7 Å². The molecule has 1 aromatic heterocycles. The Kier molecular flexibility index (Phi) is 8.04. The van der Waals surface area contributed by atoms with Crippen molar-refractivity contribution in [1.82, 2.24) is 20.3 Å². The van der Waals surface area contributed by atoms with Crippen molar-refractivity contribution in [3.63, 3.8) is 0 Å². The molecule has 0 aliphatic carbocycles. The zero-order valence-corrected chi connectivity index (χ0v) is 19.4. The van der Waals surface area contributed by atoms with Gasteiger partial charge in [-0.15, -0.1) is 0 Å². The topological polar surface area (TPSA) is 88.6 Å². The SMILES string of the molecule is Cc1cccc(CN2CC[C@@H](Nc3cnc(C=CC(=O)NOC4CCCCO4)cn3)C2)c1C. The van der Waals surface area contributed by atoms with Crippen LogP contribution in [0.25, 0.3) is 6.08 Å². The normalized spacial score (nSPS) is 21.4. The molecule has 33 heavy (non-hydrogen) atoms. The van der Waals surface area contributed by atoms with E-state index in [0.717, 1.165) is 51.1 Å². The predicted molar refractivity (Wildman–Crippen MR) is 127 cm³/mol. The number of likely N-dealkylation sites (tertiary alicyclic amines) is 1. The molecular formula is C25H33N5O3. The van der Waals surface area contributed by atoms with Crippen molar-refractivity contribution in [3.05, 3.63) is 59.1 Å². The maximum atomic E-state index is 11.9. The zero-order chi connectivity index (χ0) is 23.0. The quantitative estimate of drug-likeness (QED) is 0.470. The van der Waals surface area contributed by atoms with E-state index in [1.807, 2.05) is 0 Å². The van der Waals surface area contributed by atoms with Gasteiger partial charge in [-0.05, 0) is 55.9 Å². The second-order valence-electron chi connectivity index (χ2n) is 8.76. The minimum Gasteiger partial charge on any atom is -0.365 e. The summed E-state index contributed by atoms with van der Waals surface area (Å²) in [5.74, 6) is 0.385. The van der Waals surface area contributed by atoms with Crippen molar-refractivity contribution in [1.29, 1.82) is 0 Å². The molecule has 0 spiro atoms. The standard InChI is InChI=1S/C25H33N5O3/c1-18-6-5-7-20(19(18)2)16-30-12-11-22(17-30)28-23-15-26-21(14-27-23)9-10-24(31)29-33-25-8-3-4-13-32-25/h5-7,9-10,14-15,22,25H,3-4,8,11-13,16-17H2,1-2H3,(H,27,28)(H,29,31)/t22-,25?/m1/s1. The van der Waals surface area contributed by atoms with Crippen molar-refractivity contribution in [3.8, 4) is 0 Å². The maximum Gasteiger partial charge on any atom is 0.267 e. The molecular weight excluding hydrogens is 418 g/mol. The van der Waals surface area contributed by atoms with Gasteiger partial charge < -0.3 is 10.1 Å². The van der Waals surface area contributed by atoms with E-state index < -0.39 is 0 Å². The van der Waals surface area contributed by atoms with Crippen LogP contribution in [0.1, 0.15) is 48.1 Å². The van der Waals surface area contributed by atoms with E-state index >= 15 is 0 Å². The number of anilines is 1. The lowest BCUT2D eigenvalue weighted by atomic mass is 10.0. The third kappa shape index (κ3) is 6.83. The largest absolute Gasteiger partial charge is 0.365 e. The second kappa shape index (κ2) is 11.4. The highest BCUT2D eigenvalue weighted by molar-refractivity contribution is 5.90.